The number of benzene rings is 2. The molecule has 0 aliphatic rings. The van der Waals surface area contributed by atoms with Crippen LogP contribution in [0.4, 0.5) is 5.69 Å². The molecule has 0 saturated heterocycles. The lowest BCUT2D eigenvalue weighted by molar-refractivity contribution is 0.313. The van der Waals surface area contributed by atoms with Crippen molar-refractivity contribution < 1.29 is 9.47 Å². The van der Waals surface area contributed by atoms with Crippen LogP contribution >= 0.6 is 27.7 Å². The monoisotopic (exact) mass is 353 g/mol. The molecule has 0 amide bonds. The van der Waals surface area contributed by atoms with Crippen molar-refractivity contribution in [1.82, 2.24) is 0 Å². The van der Waals surface area contributed by atoms with Gasteiger partial charge in [-0.25, -0.2) is 0 Å². The maximum Gasteiger partial charge on any atom is 0.161 e. The third-order valence-corrected chi connectivity index (χ3v) is 4.17. The molecule has 0 saturated carbocycles. The molecule has 0 heterocycles. The summed E-state index contributed by atoms with van der Waals surface area (Å²) in [6.45, 7) is 0.594. The lowest BCUT2D eigenvalue weighted by Gasteiger charge is -2.10. The van der Waals surface area contributed by atoms with E-state index >= 15 is 0 Å². The van der Waals surface area contributed by atoms with Gasteiger partial charge in [0.1, 0.15) is 0 Å². The van der Waals surface area contributed by atoms with Crippen molar-refractivity contribution in [2.24, 2.45) is 0 Å². The molecule has 0 bridgehead atoms. The van der Waals surface area contributed by atoms with E-state index in [0.29, 0.717) is 6.61 Å². The summed E-state index contributed by atoms with van der Waals surface area (Å²) in [5.74, 6) is 2.33. The largest absolute Gasteiger partial charge is 0.493 e. The molecule has 20 heavy (non-hydrogen) atoms. The Morgan fingerprint density at radius 2 is 1.90 bits per heavy atom. The van der Waals surface area contributed by atoms with Gasteiger partial charge in [0, 0.05) is 20.8 Å². The number of hydrogen-bond donors (Lipinski definition) is 1. The van der Waals surface area contributed by atoms with E-state index in [1.807, 2.05) is 42.5 Å². The number of para-hydroxylation sites is 2. The fourth-order valence-electron chi connectivity index (χ4n) is 1.67. The second-order valence-electron chi connectivity index (χ2n) is 4.03. The Labute approximate surface area is 131 Å². The minimum Gasteiger partial charge on any atom is -0.493 e. The summed E-state index contributed by atoms with van der Waals surface area (Å²) in [7, 11) is 1.64. The second kappa shape index (κ2) is 7.45. The van der Waals surface area contributed by atoms with Crippen molar-refractivity contribution in [2.45, 2.75) is 4.90 Å². The van der Waals surface area contributed by atoms with Crippen LogP contribution in [0.15, 0.2) is 51.8 Å². The first-order chi connectivity index (χ1) is 9.70. The van der Waals surface area contributed by atoms with Gasteiger partial charge >= 0.3 is 0 Å². The Kier molecular flexibility index (Phi) is 5.61. The van der Waals surface area contributed by atoms with Crippen molar-refractivity contribution in [3.63, 3.8) is 0 Å². The first-order valence-corrected chi connectivity index (χ1v) is 7.92. The molecule has 3 nitrogen and oxygen atoms in total. The van der Waals surface area contributed by atoms with Crippen LogP contribution in [-0.4, -0.2) is 19.5 Å². The van der Waals surface area contributed by atoms with Gasteiger partial charge in [-0.1, -0.05) is 28.1 Å². The van der Waals surface area contributed by atoms with E-state index in [9.17, 15) is 0 Å². The molecule has 0 atom stereocenters. The number of hydrogen-bond acceptors (Lipinski definition) is 4. The zero-order chi connectivity index (χ0) is 14.4. The molecular weight excluding hydrogens is 338 g/mol. The van der Waals surface area contributed by atoms with Crippen LogP contribution in [-0.2, 0) is 0 Å². The van der Waals surface area contributed by atoms with Gasteiger partial charge in [0.15, 0.2) is 11.5 Å². The zero-order valence-electron chi connectivity index (χ0n) is 11.1. The van der Waals surface area contributed by atoms with Crippen molar-refractivity contribution >= 4 is 33.4 Å². The Morgan fingerprint density at radius 3 is 2.65 bits per heavy atom. The fourth-order valence-corrected chi connectivity index (χ4v) is 3.02. The van der Waals surface area contributed by atoms with E-state index in [1.54, 1.807) is 18.9 Å². The maximum atomic E-state index is 5.93. The van der Waals surface area contributed by atoms with E-state index in [0.717, 1.165) is 32.3 Å². The number of ether oxygens (including phenoxy) is 2. The van der Waals surface area contributed by atoms with Gasteiger partial charge in [-0.3, -0.25) is 0 Å². The number of methoxy groups -OCH3 is 1. The fraction of sp³-hybridized carbons (Fsp3) is 0.200. The summed E-state index contributed by atoms with van der Waals surface area (Å²) >= 11 is 5.12. The van der Waals surface area contributed by atoms with Gasteiger partial charge in [-0.15, -0.1) is 11.8 Å². The highest BCUT2D eigenvalue weighted by Gasteiger charge is 2.04. The van der Waals surface area contributed by atoms with Crippen LogP contribution in [0.2, 0.25) is 0 Å². The molecule has 0 fully saturated rings. The van der Waals surface area contributed by atoms with Gasteiger partial charge < -0.3 is 15.2 Å². The van der Waals surface area contributed by atoms with E-state index in [4.69, 9.17) is 15.2 Å². The van der Waals surface area contributed by atoms with Crippen LogP contribution in [0.5, 0.6) is 11.5 Å². The van der Waals surface area contributed by atoms with Crippen molar-refractivity contribution in [2.75, 3.05) is 25.2 Å². The quantitative estimate of drug-likeness (QED) is 0.479. The van der Waals surface area contributed by atoms with Gasteiger partial charge in [-0.05, 0) is 30.3 Å². The smallest absolute Gasteiger partial charge is 0.161 e. The van der Waals surface area contributed by atoms with E-state index in [2.05, 4.69) is 15.9 Å². The summed E-state index contributed by atoms with van der Waals surface area (Å²) in [6, 6.07) is 13.5. The van der Waals surface area contributed by atoms with Gasteiger partial charge in [-0.2, -0.15) is 0 Å². The molecule has 2 aromatic rings. The average Bonchev–Trinajstić information content (AvgIpc) is 2.47. The number of halogens is 1. The molecular formula is C15H16BrNO2S. The molecule has 2 N–H and O–H groups in total. The van der Waals surface area contributed by atoms with Gasteiger partial charge in [0.25, 0.3) is 0 Å². The first-order valence-electron chi connectivity index (χ1n) is 6.14. The molecule has 106 valence electrons. The highest BCUT2D eigenvalue weighted by molar-refractivity contribution is 9.10. The molecule has 0 aliphatic carbocycles. The average molecular weight is 354 g/mol. The predicted molar refractivity (Wildman–Crippen MR) is 87.8 cm³/mol. The lowest BCUT2D eigenvalue weighted by Crippen LogP contribution is -2.02. The molecule has 5 heteroatoms. The van der Waals surface area contributed by atoms with Crippen LogP contribution in [0.25, 0.3) is 0 Å². The number of anilines is 1. The molecule has 2 rings (SSSR count). The molecule has 0 spiro atoms. The Balaban J connectivity index is 1.86. The zero-order valence-corrected chi connectivity index (χ0v) is 13.5. The van der Waals surface area contributed by atoms with Crippen LogP contribution < -0.4 is 15.2 Å². The highest BCUT2D eigenvalue weighted by atomic mass is 79.9. The lowest BCUT2D eigenvalue weighted by atomic mass is 10.3. The SMILES string of the molecule is COc1ccccc1OCCSc1cc(Br)ccc1N. The summed E-state index contributed by atoms with van der Waals surface area (Å²) in [5, 5.41) is 0. The second-order valence-corrected chi connectivity index (χ2v) is 6.08. The number of rotatable bonds is 6. The number of nitrogens with two attached hydrogens (primary N) is 1. The summed E-state index contributed by atoms with van der Waals surface area (Å²) in [4.78, 5) is 1.06. The Morgan fingerprint density at radius 1 is 1.15 bits per heavy atom. The van der Waals surface area contributed by atoms with Crippen LogP contribution in [0.1, 0.15) is 0 Å². The molecule has 0 unspecified atom stereocenters. The minimum atomic E-state index is 0.594. The van der Waals surface area contributed by atoms with E-state index < -0.39 is 0 Å². The number of thioether (sulfide) groups is 1. The van der Waals surface area contributed by atoms with E-state index in [-0.39, 0.29) is 0 Å². The molecule has 0 aliphatic heterocycles. The summed E-state index contributed by atoms with van der Waals surface area (Å²) in [6.07, 6.45) is 0. The van der Waals surface area contributed by atoms with Gasteiger partial charge in [0.2, 0.25) is 0 Å². The minimum absolute atomic E-state index is 0.594. The summed E-state index contributed by atoms with van der Waals surface area (Å²) < 4.78 is 12.0. The molecule has 0 radical (unpaired) electrons. The highest BCUT2D eigenvalue weighted by Crippen LogP contribution is 2.29. The maximum absolute atomic E-state index is 5.93. The molecule has 0 aromatic heterocycles. The van der Waals surface area contributed by atoms with Crippen molar-refractivity contribution in [3.05, 3.63) is 46.9 Å². The Bertz CT molecular complexity index is 578. The third kappa shape index (κ3) is 4.08. The van der Waals surface area contributed by atoms with Crippen molar-refractivity contribution in [1.29, 1.82) is 0 Å². The normalized spacial score (nSPS) is 10.3. The number of nitrogen functional groups attached to an aromatic ring is 1. The Hall–Kier alpha value is -1.33. The van der Waals surface area contributed by atoms with Crippen LogP contribution in [0, 0.1) is 0 Å². The standard InChI is InChI=1S/C15H16BrNO2S/c1-18-13-4-2-3-5-14(13)19-8-9-20-15-10-11(16)6-7-12(15)17/h2-7,10H,8-9,17H2,1H3. The third-order valence-electron chi connectivity index (χ3n) is 2.64. The first kappa shape index (κ1) is 15.1. The molecule has 2 aromatic carbocycles. The van der Waals surface area contributed by atoms with Crippen LogP contribution in [0.3, 0.4) is 0 Å². The van der Waals surface area contributed by atoms with Crippen molar-refractivity contribution in [3.8, 4) is 11.5 Å². The van der Waals surface area contributed by atoms with E-state index in [1.165, 1.54) is 0 Å². The van der Waals surface area contributed by atoms with Gasteiger partial charge in [0.05, 0.1) is 13.7 Å². The topological polar surface area (TPSA) is 44.5 Å². The summed E-state index contributed by atoms with van der Waals surface area (Å²) in [5.41, 5.74) is 6.71. The predicted octanol–water partition coefficient (Wildman–Crippen LogP) is 4.21.